The molecule has 3 heterocycles. The Morgan fingerprint density at radius 1 is 0.767 bits per heavy atom. The van der Waals surface area contributed by atoms with Gasteiger partial charge in [0.15, 0.2) is 0 Å². The van der Waals surface area contributed by atoms with Crippen LogP contribution < -0.4 is 16.0 Å². The van der Waals surface area contributed by atoms with E-state index in [4.69, 9.17) is 0 Å². The molecule has 0 aliphatic carbocycles. The Morgan fingerprint density at radius 3 is 2.09 bits per heavy atom. The van der Waals surface area contributed by atoms with Crippen LogP contribution in [0.4, 0.5) is 11.4 Å². The average molecular weight is 575 g/mol. The Hall–Kier alpha value is -5.44. The van der Waals surface area contributed by atoms with E-state index in [1.807, 2.05) is 54.7 Å². The number of anilines is 2. The molecule has 0 aliphatic rings. The summed E-state index contributed by atoms with van der Waals surface area (Å²) >= 11 is 0. The van der Waals surface area contributed by atoms with Crippen LogP contribution in [0.5, 0.6) is 0 Å². The Balaban J connectivity index is 1.19. The fourth-order valence-corrected chi connectivity index (χ4v) is 4.70. The molecule has 0 fully saturated rings. The molecule has 43 heavy (non-hydrogen) atoms. The van der Waals surface area contributed by atoms with Crippen molar-refractivity contribution in [1.29, 1.82) is 0 Å². The molecule has 0 spiro atoms. The van der Waals surface area contributed by atoms with Crippen molar-refractivity contribution >= 4 is 52.2 Å². The third kappa shape index (κ3) is 7.08. The number of hydrogen-bond donors (Lipinski definition) is 3. The number of pyridine rings is 1. The second kappa shape index (κ2) is 13.0. The number of nitrogens with zero attached hydrogens (tertiary/aromatic N) is 3. The van der Waals surface area contributed by atoms with Crippen LogP contribution in [0.3, 0.4) is 0 Å². The summed E-state index contributed by atoms with van der Waals surface area (Å²) in [5.74, 6) is -0.829. The lowest BCUT2D eigenvalue weighted by molar-refractivity contribution is 0.0943. The Kier molecular flexibility index (Phi) is 8.81. The first-order valence-electron chi connectivity index (χ1n) is 14.2. The molecule has 5 aromatic rings. The van der Waals surface area contributed by atoms with Gasteiger partial charge in [-0.2, -0.15) is 0 Å². The van der Waals surface area contributed by atoms with Crippen LogP contribution in [0.15, 0.2) is 85.3 Å². The van der Waals surface area contributed by atoms with E-state index in [-0.39, 0.29) is 17.7 Å². The number of aromatic nitrogens is 3. The summed E-state index contributed by atoms with van der Waals surface area (Å²) in [6, 6.07) is 20.6. The first-order valence-corrected chi connectivity index (χ1v) is 14.2. The van der Waals surface area contributed by atoms with E-state index >= 15 is 0 Å². The number of fused-ring (bicyclic) bond motifs is 1. The van der Waals surface area contributed by atoms with Crippen LogP contribution in [0.2, 0.25) is 0 Å². The predicted molar refractivity (Wildman–Crippen MR) is 171 cm³/mol. The minimum absolute atomic E-state index is 0.188. The minimum atomic E-state index is -0.357. The second-order valence-electron chi connectivity index (χ2n) is 10.4. The lowest BCUT2D eigenvalue weighted by atomic mass is 10.1. The number of para-hydroxylation sites is 1. The highest BCUT2D eigenvalue weighted by Crippen LogP contribution is 2.19. The Bertz CT molecular complexity index is 1810. The van der Waals surface area contributed by atoms with Gasteiger partial charge in [-0.3, -0.25) is 19.4 Å². The number of unbranched alkanes of at least 4 members (excludes halogenated alkanes) is 1. The molecule has 3 aromatic heterocycles. The molecule has 0 unspecified atom stereocenters. The van der Waals surface area contributed by atoms with Gasteiger partial charge in [-0.25, -0.2) is 0 Å². The first kappa shape index (κ1) is 29.1. The number of hydrogen-bond acceptors (Lipinski definition) is 4. The maximum Gasteiger partial charge on any atom is 0.272 e. The van der Waals surface area contributed by atoms with E-state index in [9.17, 15) is 14.4 Å². The highest BCUT2D eigenvalue weighted by molar-refractivity contribution is 6.07. The summed E-state index contributed by atoms with van der Waals surface area (Å²) in [4.78, 5) is 42.9. The fourth-order valence-electron chi connectivity index (χ4n) is 4.70. The Labute approximate surface area is 250 Å². The molecule has 3 amide bonds. The summed E-state index contributed by atoms with van der Waals surface area (Å²) < 4.78 is 3.32. The van der Waals surface area contributed by atoms with Crippen molar-refractivity contribution < 1.29 is 14.4 Å². The van der Waals surface area contributed by atoms with Gasteiger partial charge in [0.05, 0.1) is 16.9 Å². The van der Waals surface area contributed by atoms with Crippen molar-refractivity contribution in [2.45, 2.75) is 19.8 Å². The van der Waals surface area contributed by atoms with Crippen LogP contribution in [-0.4, -0.2) is 38.4 Å². The molecular weight excluding hydrogens is 540 g/mol. The van der Waals surface area contributed by atoms with Crippen LogP contribution in [0.25, 0.3) is 23.1 Å². The highest BCUT2D eigenvalue weighted by atomic mass is 16.2. The largest absolute Gasteiger partial charge is 0.351 e. The second-order valence-corrected chi connectivity index (χ2v) is 10.4. The molecule has 9 nitrogen and oxygen atoms in total. The molecule has 0 aliphatic heterocycles. The molecular formula is C34H34N6O3. The maximum atomic E-state index is 13.0. The van der Waals surface area contributed by atoms with Crippen molar-refractivity contribution in [3.8, 4) is 0 Å². The van der Waals surface area contributed by atoms with E-state index in [1.165, 1.54) is 0 Å². The number of rotatable bonds is 10. The summed E-state index contributed by atoms with van der Waals surface area (Å²) in [5, 5.41) is 9.66. The number of benzene rings is 2. The monoisotopic (exact) mass is 574 g/mol. The highest BCUT2D eigenvalue weighted by Gasteiger charge is 2.17. The molecule has 0 saturated carbocycles. The van der Waals surface area contributed by atoms with Gasteiger partial charge < -0.3 is 25.1 Å². The zero-order chi connectivity index (χ0) is 30.3. The quantitative estimate of drug-likeness (QED) is 0.175. The van der Waals surface area contributed by atoms with Crippen LogP contribution >= 0.6 is 0 Å². The SMILES string of the molecule is CCCCNC(=O)c1cc(NC(=O)c2cc(NC(=O)c3ccc(/C=C/c4cnc5ccccc5c4)cc3)cn2C)cn1C. The zero-order valence-electron chi connectivity index (χ0n) is 24.4. The lowest BCUT2D eigenvalue weighted by Gasteiger charge is -2.04. The van der Waals surface area contributed by atoms with Gasteiger partial charge in [-0.1, -0.05) is 55.8 Å². The number of carbonyl (C=O) groups excluding carboxylic acids is 3. The molecule has 218 valence electrons. The van der Waals surface area contributed by atoms with Crippen molar-refractivity contribution in [2.24, 2.45) is 14.1 Å². The molecule has 5 rings (SSSR count). The van der Waals surface area contributed by atoms with Crippen molar-refractivity contribution in [1.82, 2.24) is 19.4 Å². The van der Waals surface area contributed by atoms with E-state index in [0.717, 1.165) is 34.9 Å². The summed E-state index contributed by atoms with van der Waals surface area (Å²) in [6.45, 7) is 2.66. The molecule has 0 bridgehead atoms. The Morgan fingerprint density at radius 2 is 1.40 bits per heavy atom. The van der Waals surface area contributed by atoms with Gasteiger partial charge in [0.2, 0.25) is 0 Å². The van der Waals surface area contributed by atoms with Crippen molar-refractivity contribution in [3.63, 3.8) is 0 Å². The fraction of sp³-hybridized carbons (Fsp3) is 0.176. The molecule has 0 atom stereocenters. The molecule has 9 heteroatoms. The van der Waals surface area contributed by atoms with Gasteiger partial charge in [0.25, 0.3) is 17.7 Å². The predicted octanol–water partition coefficient (Wildman–Crippen LogP) is 6.12. The molecule has 0 radical (unpaired) electrons. The van der Waals surface area contributed by atoms with Crippen LogP contribution in [-0.2, 0) is 14.1 Å². The zero-order valence-corrected chi connectivity index (χ0v) is 24.4. The third-order valence-corrected chi connectivity index (χ3v) is 7.06. The van der Waals surface area contributed by atoms with Gasteiger partial charge in [0.1, 0.15) is 11.4 Å². The summed E-state index contributed by atoms with van der Waals surface area (Å²) in [7, 11) is 3.49. The van der Waals surface area contributed by atoms with Crippen LogP contribution in [0.1, 0.15) is 62.2 Å². The van der Waals surface area contributed by atoms with Gasteiger partial charge in [0, 0.05) is 50.2 Å². The standard InChI is InChI=1S/C34H34N6O3/c1-4-5-16-35-33(42)30-18-28(22-39(30)2)38-34(43)31-19-27(21-40(31)3)37-32(41)25-14-12-23(13-15-25)10-11-24-17-26-8-6-7-9-29(26)36-20-24/h6-15,17-22H,4-5,16H2,1-3H3,(H,35,42)(H,37,41)(H,38,43)/b11-10+. The van der Waals surface area contributed by atoms with E-state index in [0.29, 0.717) is 34.9 Å². The summed E-state index contributed by atoms with van der Waals surface area (Å²) in [6.07, 6.45) is 11.1. The van der Waals surface area contributed by atoms with Gasteiger partial charge in [-0.05, 0) is 53.9 Å². The number of aryl methyl sites for hydroxylation is 2. The number of nitrogens with one attached hydrogen (secondary N) is 3. The molecule has 3 N–H and O–H groups in total. The van der Waals surface area contributed by atoms with Gasteiger partial charge in [-0.15, -0.1) is 0 Å². The lowest BCUT2D eigenvalue weighted by Crippen LogP contribution is -2.26. The van der Waals surface area contributed by atoms with Gasteiger partial charge >= 0.3 is 0 Å². The normalized spacial score (nSPS) is 11.1. The van der Waals surface area contributed by atoms with E-state index in [1.54, 1.807) is 59.9 Å². The smallest absolute Gasteiger partial charge is 0.272 e. The summed E-state index contributed by atoms with van der Waals surface area (Å²) in [5.41, 5.74) is 5.20. The topological polar surface area (TPSA) is 110 Å². The average Bonchev–Trinajstić information content (AvgIpc) is 3.57. The molecule has 0 saturated heterocycles. The van der Waals surface area contributed by atoms with Crippen LogP contribution in [0, 0.1) is 0 Å². The minimum Gasteiger partial charge on any atom is -0.351 e. The number of amides is 3. The van der Waals surface area contributed by atoms with Crippen molar-refractivity contribution in [3.05, 3.63) is 113 Å². The van der Waals surface area contributed by atoms with E-state index in [2.05, 4.69) is 33.9 Å². The maximum absolute atomic E-state index is 13.0. The molecule has 2 aromatic carbocycles. The third-order valence-electron chi connectivity index (χ3n) is 7.06. The first-order chi connectivity index (χ1) is 20.8. The van der Waals surface area contributed by atoms with Crippen molar-refractivity contribution in [2.75, 3.05) is 17.2 Å². The van der Waals surface area contributed by atoms with E-state index < -0.39 is 0 Å². The number of carbonyl (C=O) groups is 3.